The van der Waals surface area contributed by atoms with E-state index in [1.54, 1.807) is 6.08 Å². The second-order valence-electron chi connectivity index (χ2n) is 6.21. The van der Waals surface area contributed by atoms with Crippen molar-refractivity contribution in [2.45, 2.75) is 84.0 Å². The Bertz CT molecular complexity index is 419. The summed E-state index contributed by atoms with van der Waals surface area (Å²) in [5.41, 5.74) is 0. The second-order valence-corrected chi connectivity index (χ2v) is 6.21. The van der Waals surface area contributed by atoms with Gasteiger partial charge in [0.2, 0.25) is 0 Å². The van der Waals surface area contributed by atoms with Crippen molar-refractivity contribution in [1.29, 1.82) is 0 Å². The van der Waals surface area contributed by atoms with Crippen molar-refractivity contribution >= 4 is 5.97 Å². The van der Waals surface area contributed by atoms with Crippen LogP contribution < -0.4 is 0 Å². The van der Waals surface area contributed by atoms with Crippen molar-refractivity contribution in [2.75, 3.05) is 0 Å². The highest BCUT2D eigenvalue weighted by atomic mass is 16.6. The first-order chi connectivity index (χ1) is 11.3. The molecule has 0 atom stereocenters. The number of hydrogen-bond acceptors (Lipinski definition) is 2. The standard InChI is InChI=1S/C20H32O3/c1-2-3-4-5-6-7-8-9-10-11-12-13-14-15-16-17-18-19(23-18)20(21)22/h14-17H,2-13H2,1H3,(H,21,22)/b15-14?,17-16-. The summed E-state index contributed by atoms with van der Waals surface area (Å²) in [6, 6.07) is 0. The average molecular weight is 320 g/mol. The highest BCUT2D eigenvalue weighted by molar-refractivity contribution is 5.89. The number of unbranched alkanes of at least 4 members (excludes halogenated alkanes) is 11. The SMILES string of the molecule is CCCCCCCCCCCCCC=C/C=C\C1=C(C(=O)O)O1. The largest absolute Gasteiger partial charge is 0.475 e. The number of carboxylic acids is 1. The fraction of sp³-hybridized carbons (Fsp3) is 0.650. The Labute approximate surface area is 141 Å². The van der Waals surface area contributed by atoms with Crippen LogP contribution in [0.25, 0.3) is 0 Å². The van der Waals surface area contributed by atoms with Gasteiger partial charge in [0.25, 0.3) is 5.76 Å². The van der Waals surface area contributed by atoms with E-state index in [1.807, 2.05) is 12.2 Å². The van der Waals surface area contributed by atoms with Crippen LogP contribution in [0.1, 0.15) is 84.0 Å². The van der Waals surface area contributed by atoms with Gasteiger partial charge >= 0.3 is 5.97 Å². The van der Waals surface area contributed by atoms with Gasteiger partial charge in [0.05, 0.1) is 0 Å². The summed E-state index contributed by atoms with van der Waals surface area (Å²) in [6.45, 7) is 2.26. The molecule has 0 bridgehead atoms. The smallest absolute Gasteiger partial charge is 0.375 e. The van der Waals surface area contributed by atoms with E-state index in [-0.39, 0.29) is 5.76 Å². The first-order valence-electron chi connectivity index (χ1n) is 9.24. The van der Waals surface area contributed by atoms with E-state index >= 15 is 0 Å². The van der Waals surface area contributed by atoms with Crippen LogP contribution in [-0.2, 0) is 9.53 Å². The number of aliphatic carboxylic acids is 1. The highest BCUT2D eigenvalue weighted by Crippen LogP contribution is 2.26. The van der Waals surface area contributed by atoms with Gasteiger partial charge in [-0.05, 0) is 18.9 Å². The topological polar surface area (TPSA) is 49.8 Å². The fourth-order valence-corrected chi connectivity index (χ4v) is 2.59. The normalized spacial score (nSPS) is 14.0. The van der Waals surface area contributed by atoms with Crippen LogP contribution >= 0.6 is 0 Å². The van der Waals surface area contributed by atoms with Gasteiger partial charge in [0, 0.05) is 0 Å². The van der Waals surface area contributed by atoms with Gasteiger partial charge in [0.1, 0.15) is 0 Å². The Morgan fingerprint density at radius 2 is 1.48 bits per heavy atom. The Morgan fingerprint density at radius 3 is 2.00 bits per heavy atom. The zero-order valence-electron chi connectivity index (χ0n) is 14.6. The van der Waals surface area contributed by atoms with Crippen LogP contribution in [0.3, 0.4) is 0 Å². The molecule has 1 aliphatic rings. The van der Waals surface area contributed by atoms with E-state index in [9.17, 15) is 4.79 Å². The molecular formula is C20H32O3. The lowest BCUT2D eigenvalue weighted by atomic mass is 10.1. The monoisotopic (exact) mass is 320 g/mol. The number of carboxylic acid groups (broad SMARTS) is 1. The van der Waals surface area contributed by atoms with Crippen LogP contribution in [0.15, 0.2) is 35.8 Å². The molecule has 0 aromatic carbocycles. The van der Waals surface area contributed by atoms with Gasteiger partial charge < -0.3 is 9.84 Å². The third-order valence-electron chi connectivity index (χ3n) is 4.06. The van der Waals surface area contributed by atoms with Crippen LogP contribution in [-0.4, -0.2) is 11.1 Å². The van der Waals surface area contributed by atoms with Crippen molar-refractivity contribution in [3.8, 4) is 0 Å². The average Bonchev–Trinajstić information content (AvgIpc) is 3.31. The fourth-order valence-electron chi connectivity index (χ4n) is 2.59. The molecule has 0 spiro atoms. The molecule has 130 valence electrons. The Morgan fingerprint density at radius 1 is 0.913 bits per heavy atom. The van der Waals surface area contributed by atoms with Crippen LogP contribution in [0.4, 0.5) is 0 Å². The maximum absolute atomic E-state index is 10.5. The number of ether oxygens (including phenoxy) is 1. The van der Waals surface area contributed by atoms with E-state index in [2.05, 4.69) is 13.0 Å². The molecule has 0 aromatic rings. The van der Waals surface area contributed by atoms with E-state index < -0.39 is 5.97 Å². The van der Waals surface area contributed by atoms with E-state index in [4.69, 9.17) is 9.84 Å². The van der Waals surface area contributed by atoms with Crippen LogP contribution in [0, 0.1) is 0 Å². The van der Waals surface area contributed by atoms with E-state index in [0.717, 1.165) is 6.42 Å². The molecular weight excluding hydrogens is 288 g/mol. The van der Waals surface area contributed by atoms with Gasteiger partial charge in [-0.3, -0.25) is 0 Å². The number of rotatable bonds is 15. The third-order valence-corrected chi connectivity index (χ3v) is 4.06. The lowest BCUT2D eigenvalue weighted by Crippen LogP contribution is -1.88. The lowest BCUT2D eigenvalue weighted by molar-refractivity contribution is -0.133. The second kappa shape index (κ2) is 13.0. The predicted molar refractivity (Wildman–Crippen MR) is 95.1 cm³/mol. The van der Waals surface area contributed by atoms with Crippen molar-refractivity contribution in [2.24, 2.45) is 0 Å². The molecule has 3 nitrogen and oxygen atoms in total. The Kier molecular flexibility index (Phi) is 11.0. The lowest BCUT2D eigenvalue weighted by Gasteiger charge is -2.01. The summed E-state index contributed by atoms with van der Waals surface area (Å²) >= 11 is 0. The molecule has 0 aromatic heterocycles. The molecule has 0 saturated carbocycles. The summed E-state index contributed by atoms with van der Waals surface area (Å²) < 4.78 is 4.81. The Hall–Kier alpha value is -1.51. The molecule has 0 radical (unpaired) electrons. The molecule has 1 aliphatic heterocycles. The van der Waals surface area contributed by atoms with Crippen molar-refractivity contribution < 1.29 is 14.6 Å². The molecule has 0 amide bonds. The quantitative estimate of drug-likeness (QED) is 0.292. The molecule has 0 aliphatic carbocycles. The Balaban J connectivity index is 1.82. The summed E-state index contributed by atoms with van der Waals surface area (Å²) in [5, 5.41) is 8.61. The van der Waals surface area contributed by atoms with Gasteiger partial charge in [-0.25, -0.2) is 4.79 Å². The zero-order valence-corrected chi connectivity index (χ0v) is 14.6. The van der Waals surface area contributed by atoms with Crippen LogP contribution in [0.5, 0.6) is 0 Å². The summed E-state index contributed by atoms with van der Waals surface area (Å²) in [7, 11) is 0. The number of allylic oxidation sites excluding steroid dienone is 4. The first kappa shape index (κ1) is 19.5. The maximum atomic E-state index is 10.5. The molecule has 0 fully saturated rings. The summed E-state index contributed by atoms with van der Waals surface area (Å²) in [6.07, 6.45) is 23.8. The minimum atomic E-state index is -0.991. The number of hydrogen-bond donors (Lipinski definition) is 1. The van der Waals surface area contributed by atoms with Crippen molar-refractivity contribution in [3.05, 3.63) is 35.8 Å². The molecule has 3 heteroatoms. The van der Waals surface area contributed by atoms with E-state index in [0.29, 0.717) is 5.76 Å². The van der Waals surface area contributed by atoms with E-state index in [1.165, 1.54) is 70.6 Å². The van der Waals surface area contributed by atoms with Gasteiger partial charge in [-0.15, -0.1) is 0 Å². The molecule has 1 N–H and O–H groups in total. The zero-order chi connectivity index (χ0) is 16.8. The predicted octanol–water partition coefficient (Wildman–Crippen LogP) is 6.13. The molecule has 0 unspecified atom stereocenters. The summed E-state index contributed by atoms with van der Waals surface area (Å²) in [5.74, 6) is -0.452. The third kappa shape index (κ3) is 10.8. The minimum absolute atomic E-state index is 0.0695. The maximum Gasteiger partial charge on any atom is 0.375 e. The van der Waals surface area contributed by atoms with Crippen molar-refractivity contribution in [3.63, 3.8) is 0 Å². The van der Waals surface area contributed by atoms with Crippen LogP contribution in [0.2, 0.25) is 0 Å². The van der Waals surface area contributed by atoms with Gasteiger partial charge in [0.15, 0.2) is 5.76 Å². The summed E-state index contributed by atoms with van der Waals surface area (Å²) in [4.78, 5) is 10.5. The van der Waals surface area contributed by atoms with Gasteiger partial charge in [-0.2, -0.15) is 0 Å². The number of carbonyl (C=O) groups is 1. The molecule has 1 heterocycles. The first-order valence-corrected chi connectivity index (χ1v) is 9.24. The molecule has 23 heavy (non-hydrogen) atoms. The molecule has 0 saturated heterocycles. The molecule has 1 rings (SSSR count). The minimum Gasteiger partial charge on any atom is -0.475 e. The van der Waals surface area contributed by atoms with Gasteiger partial charge in [-0.1, -0.05) is 89.4 Å². The highest BCUT2D eigenvalue weighted by Gasteiger charge is 2.29. The van der Waals surface area contributed by atoms with Crippen molar-refractivity contribution in [1.82, 2.24) is 0 Å².